The first kappa shape index (κ1) is 21.4. The van der Waals surface area contributed by atoms with Crippen molar-refractivity contribution in [3.05, 3.63) is 29.3 Å². The van der Waals surface area contributed by atoms with E-state index in [1.54, 1.807) is 19.2 Å². The van der Waals surface area contributed by atoms with Crippen molar-refractivity contribution in [1.29, 1.82) is 5.26 Å². The Kier molecular flexibility index (Phi) is 5.81. The average Bonchev–Trinajstić information content (AvgIpc) is 3.04. The van der Waals surface area contributed by atoms with E-state index in [4.69, 9.17) is 10.00 Å². The Balaban J connectivity index is 1.89. The van der Waals surface area contributed by atoms with Crippen molar-refractivity contribution in [1.82, 2.24) is 4.90 Å². The van der Waals surface area contributed by atoms with Crippen LogP contribution in [-0.4, -0.2) is 50.7 Å². The second kappa shape index (κ2) is 7.86. The van der Waals surface area contributed by atoms with E-state index in [1.165, 1.54) is 6.07 Å². The number of fused-ring (bicyclic) bond motifs is 1. The fourth-order valence-corrected chi connectivity index (χ4v) is 4.63. The highest BCUT2D eigenvalue weighted by molar-refractivity contribution is 5.78. The van der Waals surface area contributed by atoms with Gasteiger partial charge < -0.3 is 14.5 Å². The van der Waals surface area contributed by atoms with Crippen LogP contribution >= 0.6 is 0 Å². The van der Waals surface area contributed by atoms with Crippen LogP contribution in [0.5, 0.6) is 0 Å². The van der Waals surface area contributed by atoms with Crippen LogP contribution in [0.3, 0.4) is 0 Å². The maximum atomic E-state index is 13.4. The molecule has 2 atom stereocenters. The van der Waals surface area contributed by atoms with E-state index in [0.717, 1.165) is 12.5 Å². The molecule has 2 saturated heterocycles. The number of benzene rings is 1. The fourth-order valence-electron chi connectivity index (χ4n) is 4.63. The van der Waals surface area contributed by atoms with E-state index in [-0.39, 0.29) is 28.7 Å². The molecule has 29 heavy (non-hydrogen) atoms. The van der Waals surface area contributed by atoms with E-state index in [1.807, 2.05) is 23.6 Å². The number of nitrogens with zero attached hydrogens (tertiary/aromatic N) is 3. The third-order valence-electron chi connectivity index (χ3n) is 6.16. The van der Waals surface area contributed by atoms with Crippen molar-refractivity contribution in [3.63, 3.8) is 0 Å². The number of anilines is 1. The van der Waals surface area contributed by atoms with Crippen LogP contribution in [-0.2, 0) is 15.7 Å². The van der Waals surface area contributed by atoms with Crippen LogP contribution in [0.25, 0.3) is 0 Å². The molecule has 0 aliphatic carbocycles. The molecule has 0 bridgehead atoms. The third kappa shape index (κ3) is 4.06. The zero-order valence-electron chi connectivity index (χ0n) is 16.9. The highest BCUT2D eigenvalue weighted by atomic mass is 19.4. The van der Waals surface area contributed by atoms with Gasteiger partial charge in [0.15, 0.2) is 0 Å². The molecule has 3 rings (SSSR count). The first-order valence-corrected chi connectivity index (χ1v) is 9.75. The molecule has 1 amide bonds. The van der Waals surface area contributed by atoms with Crippen LogP contribution in [0.2, 0.25) is 0 Å². The molecule has 8 heteroatoms. The van der Waals surface area contributed by atoms with Gasteiger partial charge in [0.05, 0.1) is 23.8 Å². The van der Waals surface area contributed by atoms with E-state index >= 15 is 0 Å². The summed E-state index contributed by atoms with van der Waals surface area (Å²) < 4.78 is 45.6. The van der Waals surface area contributed by atoms with Crippen LogP contribution in [0.1, 0.15) is 31.4 Å². The number of likely N-dealkylation sites (tertiary alicyclic amines) is 1. The predicted molar refractivity (Wildman–Crippen MR) is 102 cm³/mol. The standard InChI is InChI=1S/C21H26F3N3O2/c1-14(2)19(28)26-7-6-20(13-29-3)12-27(11-16(20)10-26)17-5-4-15(9-25)18(8-17)21(22,23)24/h4-5,8,14,16H,6-7,10-13H2,1-3H3. The van der Waals surface area contributed by atoms with Crippen molar-refractivity contribution < 1.29 is 22.7 Å². The SMILES string of the molecule is COCC12CCN(C(=O)C(C)C)CC1CN(c1ccc(C#N)c(C(F)(F)F)c1)C2. The molecular formula is C21H26F3N3O2. The van der Waals surface area contributed by atoms with Gasteiger partial charge in [-0.2, -0.15) is 18.4 Å². The van der Waals surface area contributed by atoms with E-state index in [2.05, 4.69) is 0 Å². The number of halogens is 3. The second-order valence-electron chi connectivity index (χ2n) is 8.40. The minimum absolute atomic E-state index is 0.0877. The Labute approximate surface area is 169 Å². The molecule has 2 heterocycles. The van der Waals surface area contributed by atoms with Gasteiger partial charge >= 0.3 is 6.18 Å². The molecule has 1 aromatic rings. The van der Waals surface area contributed by atoms with Crippen molar-refractivity contribution in [2.24, 2.45) is 17.3 Å². The molecule has 0 spiro atoms. The summed E-state index contributed by atoms with van der Waals surface area (Å²) in [6.45, 7) is 6.57. The lowest BCUT2D eigenvalue weighted by Crippen LogP contribution is -2.51. The summed E-state index contributed by atoms with van der Waals surface area (Å²) in [5, 5.41) is 9.03. The largest absolute Gasteiger partial charge is 0.417 e. The van der Waals surface area contributed by atoms with Crippen molar-refractivity contribution in [2.45, 2.75) is 26.4 Å². The van der Waals surface area contributed by atoms with Crippen molar-refractivity contribution in [3.8, 4) is 6.07 Å². The highest BCUT2D eigenvalue weighted by Crippen LogP contribution is 2.45. The van der Waals surface area contributed by atoms with E-state index in [0.29, 0.717) is 38.5 Å². The third-order valence-corrected chi connectivity index (χ3v) is 6.16. The molecule has 0 saturated carbocycles. The molecule has 2 unspecified atom stereocenters. The number of carbonyl (C=O) groups is 1. The summed E-state index contributed by atoms with van der Waals surface area (Å²) in [5.74, 6) is 0.131. The predicted octanol–water partition coefficient (Wildman–Crippen LogP) is 3.53. The zero-order chi connectivity index (χ0) is 21.4. The molecule has 2 fully saturated rings. The monoisotopic (exact) mass is 409 g/mol. The molecule has 0 N–H and O–H groups in total. The van der Waals surface area contributed by atoms with Gasteiger partial charge in [-0.05, 0) is 24.6 Å². The number of hydrogen-bond donors (Lipinski definition) is 0. The van der Waals surface area contributed by atoms with Gasteiger partial charge in [0, 0.05) is 56.2 Å². The van der Waals surface area contributed by atoms with Gasteiger partial charge in [0.1, 0.15) is 0 Å². The topological polar surface area (TPSA) is 56.6 Å². The molecule has 2 aliphatic heterocycles. The summed E-state index contributed by atoms with van der Waals surface area (Å²) in [6.07, 6.45) is -3.83. The van der Waals surface area contributed by atoms with Crippen LogP contribution in [0, 0.1) is 28.6 Å². The lowest BCUT2D eigenvalue weighted by molar-refractivity contribution is -0.139. The summed E-state index contributed by atoms with van der Waals surface area (Å²) in [4.78, 5) is 16.3. The Bertz CT molecular complexity index is 818. The fraction of sp³-hybridized carbons (Fsp3) is 0.619. The summed E-state index contributed by atoms with van der Waals surface area (Å²) in [7, 11) is 1.63. The Morgan fingerprint density at radius 2 is 2.10 bits per heavy atom. The maximum Gasteiger partial charge on any atom is 0.417 e. The average molecular weight is 409 g/mol. The summed E-state index contributed by atoms with van der Waals surface area (Å²) in [6, 6.07) is 5.49. The van der Waals surface area contributed by atoms with Gasteiger partial charge in [0.2, 0.25) is 5.91 Å². The number of nitriles is 1. The molecule has 1 aromatic carbocycles. The Morgan fingerprint density at radius 3 is 2.69 bits per heavy atom. The normalized spacial score (nSPS) is 24.6. The number of rotatable bonds is 4. The molecule has 0 radical (unpaired) electrons. The van der Waals surface area contributed by atoms with Gasteiger partial charge in [-0.1, -0.05) is 13.8 Å². The maximum absolute atomic E-state index is 13.4. The molecule has 0 aromatic heterocycles. The molecule has 158 valence electrons. The summed E-state index contributed by atoms with van der Waals surface area (Å²) >= 11 is 0. The molecule has 5 nitrogen and oxygen atoms in total. The lowest BCUT2D eigenvalue weighted by atomic mass is 9.73. The first-order valence-electron chi connectivity index (χ1n) is 9.75. The van der Waals surface area contributed by atoms with Crippen molar-refractivity contribution in [2.75, 3.05) is 44.8 Å². The highest BCUT2D eigenvalue weighted by Gasteiger charge is 2.50. The number of piperidine rings is 1. The number of hydrogen-bond acceptors (Lipinski definition) is 4. The quantitative estimate of drug-likeness (QED) is 0.763. The minimum Gasteiger partial charge on any atom is -0.384 e. The zero-order valence-corrected chi connectivity index (χ0v) is 16.9. The van der Waals surface area contributed by atoms with Gasteiger partial charge in [-0.3, -0.25) is 4.79 Å². The van der Waals surface area contributed by atoms with Crippen LogP contribution in [0.15, 0.2) is 18.2 Å². The van der Waals surface area contributed by atoms with Gasteiger partial charge in [-0.25, -0.2) is 0 Å². The van der Waals surface area contributed by atoms with Crippen LogP contribution in [0.4, 0.5) is 18.9 Å². The Hall–Kier alpha value is -2.27. The van der Waals surface area contributed by atoms with Crippen LogP contribution < -0.4 is 4.90 Å². The van der Waals surface area contributed by atoms with E-state index < -0.39 is 11.7 Å². The number of carbonyl (C=O) groups excluding carboxylic acids is 1. The van der Waals surface area contributed by atoms with Gasteiger partial charge in [-0.15, -0.1) is 0 Å². The summed E-state index contributed by atoms with van der Waals surface area (Å²) in [5.41, 5.74) is -1.04. The number of alkyl halides is 3. The second-order valence-corrected chi connectivity index (χ2v) is 8.40. The molecular weight excluding hydrogens is 383 g/mol. The minimum atomic E-state index is -4.59. The lowest BCUT2D eigenvalue weighted by Gasteiger charge is -2.43. The Morgan fingerprint density at radius 1 is 1.38 bits per heavy atom. The number of amides is 1. The smallest absolute Gasteiger partial charge is 0.384 e. The molecule has 2 aliphatic rings. The van der Waals surface area contributed by atoms with Crippen molar-refractivity contribution >= 4 is 11.6 Å². The first-order chi connectivity index (χ1) is 13.6. The van der Waals surface area contributed by atoms with E-state index in [9.17, 15) is 18.0 Å². The number of methoxy groups -OCH3 is 1. The van der Waals surface area contributed by atoms with Gasteiger partial charge in [0.25, 0.3) is 0 Å². The number of ether oxygens (including phenoxy) is 1.